The smallest absolute Gasteiger partial charge is 0.127 e. The highest BCUT2D eigenvalue weighted by atomic mass is 32.1. The van der Waals surface area contributed by atoms with E-state index in [0.717, 1.165) is 34.0 Å². The zero-order valence-corrected chi connectivity index (χ0v) is 13.4. The van der Waals surface area contributed by atoms with Gasteiger partial charge in [-0.3, -0.25) is 0 Å². The number of ether oxygens (including phenoxy) is 1. The van der Waals surface area contributed by atoms with Crippen molar-refractivity contribution in [3.63, 3.8) is 0 Å². The van der Waals surface area contributed by atoms with E-state index in [4.69, 9.17) is 4.74 Å². The molecule has 0 saturated heterocycles. The van der Waals surface area contributed by atoms with Crippen molar-refractivity contribution in [2.45, 2.75) is 13.3 Å². The number of aromatic hydroxyl groups is 1. The molecule has 0 amide bonds. The number of aryl methyl sites for hydroxylation is 1. The Bertz CT molecular complexity index is 795. The van der Waals surface area contributed by atoms with Crippen LogP contribution in [0.2, 0.25) is 0 Å². The van der Waals surface area contributed by atoms with Crippen LogP contribution in [0.4, 0.5) is 0 Å². The molecule has 0 aliphatic carbocycles. The number of aromatic nitrogens is 1. The maximum absolute atomic E-state index is 9.94. The van der Waals surface area contributed by atoms with Crippen LogP contribution in [0.25, 0.3) is 21.8 Å². The van der Waals surface area contributed by atoms with Gasteiger partial charge in [0.05, 0.1) is 18.4 Å². The van der Waals surface area contributed by atoms with E-state index in [2.05, 4.69) is 24.0 Å². The fourth-order valence-electron chi connectivity index (χ4n) is 2.38. The summed E-state index contributed by atoms with van der Waals surface area (Å²) in [7, 11) is 1.69. The monoisotopic (exact) mass is 311 g/mol. The summed E-state index contributed by atoms with van der Waals surface area (Å²) in [4.78, 5) is 4.65. The van der Waals surface area contributed by atoms with Gasteiger partial charge >= 0.3 is 0 Å². The van der Waals surface area contributed by atoms with Gasteiger partial charge in [0.2, 0.25) is 0 Å². The second-order valence-corrected chi connectivity index (χ2v) is 5.79. The predicted molar refractivity (Wildman–Crippen MR) is 90.6 cm³/mol. The van der Waals surface area contributed by atoms with Crippen molar-refractivity contribution in [3.8, 4) is 33.3 Å². The topological polar surface area (TPSA) is 42.4 Å². The fourth-order valence-corrected chi connectivity index (χ4v) is 3.24. The van der Waals surface area contributed by atoms with E-state index in [1.54, 1.807) is 13.2 Å². The van der Waals surface area contributed by atoms with Gasteiger partial charge in [0.15, 0.2) is 0 Å². The first-order valence-corrected chi connectivity index (χ1v) is 8.02. The van der Waals surface area contributed by atoms with Crippen molar-refractivity contribution in [2.75, 3.05) is 7.11 Å². The van der Waals surface area contributed by atoms with Crippen LogP contribution >= 0.6 is 11.3 Å². The van der Waals surface area contributed by atoms with E-state index < -0.39 is 0 Å². The third-order valence-corrected chi connectivity index (χ3v) is 4.48. The molecule has 0 fully saturated rings. The van der Waals surface area contributed by atoms with Crippen LogP contribution in [0.3, 0.4) is 0 Å². The summed E-state index contributed by atoms with van der Waals surface area (Å²) >= 11 is 1.52. The zero-order valence-electron chi connectivity index (χ0n) is 12.5. The molecule has 1 aromatic heterocycles. The highest BCUT2D eigenvalue weighted by Gasteiger charge is 2.11. The average molecular weight is 311 g/mol. The van der Waals surface area contributed by atoms with Gasteiger partial charge in [-0.1, -0.05) is 31.2 Å². The molecule has 0 bridgehead atoms. The number of thiazole rings is 1. The van der Waals surface area contributed by atoms with E-state index in [9.17, 15) is 5.11 Å². The lowest BCUT2D eigenvalue weighted by Gasteiger charge is -2.08. The van der Waals surface area contributed by atoms with Gasteiger partial charge in [-0.25, -0.2) is 4.98 Å². The largest absolute Gasteiger partial charge is 0.507 e. The van der Waals surface area contributed by atoms with E-state index in [-0.39, 0.29) is 5.75 Å². The molecule has 0 aliphatic heterocycles. The second-order valence-electron chi connectivity index (χ2n) is 4.94. The number of methoxy groups -OCH3 is 1. The van der Waals surface area contributed by atoms with E-state index in [0.29, 0.717) is 0 Å². The van der Waals surface area contributed by atoms with Gasteiger partial charge in [-0.2, -0.15) is 0 Å². The van der Waals surface area contributed by atoms with Gasteiger partial charge < -0.3 is 9.84 Å². The van der Waals surface area contributed by atoms with Gasteiger partial charge in [0.1, 0.15) is 16.5 Å². The minimum atomic E-state index is 0.252. The molecule has 4 heteroatoms. The quantitative estimate of drug-likeness (QED) is 0.756. The molecular weight excluding hydrogens is 294 g/mol. The third kappa shape index (κ3) is 2.70. The molecule has 0 spiro atoms. The van der Waals surface area contributed by atoms with Gasteiger partial charge in [0, 0.05) is 10.9 Å². The molecule has 0 saturated carbocycles. The Morgan fingerprint density at radius 1 is 1.18 bits per heavy atom. The summed E-state index contributed by atoms with van der Waals surface area (Å²) in [5.74, 6) is 1.14. The van der Waals surface area contributed by atoms with Crippen LogP contribution in [0.1, 0.15) is 12.5 Å². The number of nitrogens with zero attached hydrogens (tertiary/aromatic N) is 1. The van der Waals surface area contributed by atoms with Gasteiger partial charge in [0.25, 0.3) is 0 Å². The van der Waals surface area contributed by atoms with Crippen LogP contribution in [-0.2, 0) is 6.42 Å². The van der Waals surface area contributed by atoms with E-state index in [1.165, 1.54) is 16.9 Å². The van der Waals surface area contributed by atoms with Crippen molar-refractivity contribution in [3.05, 3.63) is 53.4 Å². The second kappa shape index (κ2) is 6.20. The zero-order chi connectivity index (χ0) is 15.5. The number of para-hydroxylation sites is 1. The fraction of sp³-hybridized carbons (Fsp3) is 0.167. The highest BCUT2D eigenvalue weighted by Crippen LogP contribution is 2.35. The molecular formula is C18H17NO2S. The molecule has 3 rings (SSSR count). The Kier molecular flexibility index (Phi) is 4.11. The lowest BCUT2D eigenvalue weighted by Crippen LogP contribution is -1.91. The summed E-state index contributed by atoms with van der Waals surface area (Å²) < 4.78 is 5.44. The van der Waals surface area contributed by atoms with E-state index >= 15 is 0 Å². The van der Waals surface area contributed by atoms with Crippen LogP contribution in [0.15, 0.2) is 47.8 Å². The Labute approximate surface area is 133 Å². The normalized spacial score (nSPS) is 10.6. The van der Waals surface area contributed by atoms with Crippen molar-refractivity contribution in [1.82, 2.24) is 4.98 Å². The average Bonchev–Trinajstić information content (AvgIpc) is 3.04. The summed E-state index contributed by atoms with van der Waals surface area (Å²) in [5, 5.41) is 12.8. The highest BCUT2D eigenvalue weighted by molar-refractivity contribution is 7.13. The molecule has 22 heavy (non-hydrogen) atoms. The third-order valence-electron chi connectivity index (χ3n) is 3.60. The summed E-state index contributed by atoms with van der Waals surface area (Å²) in [6.07, 6.45) is 0.934. The molecule has 3 aromatic rings. The first-order valence-electron chi connectivity index (χ1n) is 7.14. The lowest BCUT2D eigenvalue weighted by atomic mass is 10.1. The molecule has 1 heterocycles. The number of benzene rings is 2. The maximum atomic E-state index is 9.94. The van der Waals surface area contributed by atoms with Crippen molar-refractivity contribution >= 4 is 11.3 Å². The maximum Gasteiger partial charge on any atom is 0.127 e. The van der Waals surface area contributed by atoms with Gasteiger partial charge in [-0.05, 0) is 30.2 Å². The van der Waals surface area contributed by atoms with Crippen LogP contribution < -0.4 is 4.74 Å². The molecule has 1 N–H and O–H groups in total. The number of phenolic OH excluding ortho intramolecular Hbond substituents is 1. The van der Waals surface area contributed by atoms with Crippen molar-refractivity contribution < 1.29 is 9.84 Å². The number of hydrogen-bond donors (Lipinski definition) is 1. The van der Waals surface area contributed by atoms with Crippen molar-refractivity contribution in [1.29, 1.82) is 0 Å². The van der Waals surface area contributed by atoms with Crippen LogP contribution in [-0.4, -0.2) is 17.2 Å². The molecule has 0 atom stereocenters. The molecule has 0 aliphatic rings. The lowest BCUT2D eigenvalue weighted by molar-refractivity contribution is 0.410. The van der Waals surface area contributed by atoms with Crippen LogP contribution in [0, 0.1) is 0 Å². The molecule has 0 radical (unpaired) electrons. The SMILES string of the molecule is CCc1ccc(-c2csc(-c3ccccc3O)n2)cc1OC. The Hall–Kier alpha value is -2.33. The number of rotatable bonds is 4. The molecule has 3 nitrogen and oxygen atoms in total. The summed E-state index contributed by atoms with van der Waals surface area (Å²) in [5.41, 5.74) is 3.86. The number of hydrogen-bond acceptors (Lipinski definition) is 4. The standard InChI is InChI=1S/C18H17NO2S/c1-3-12-8-9-13(10-17(12)21-2)15-11-22-18(19-15)14-6-4-5-7-16(14)20/h4-11,20H,3H2,1-2H3. The Morgan fingerprint density at radius 3 is 2.73 bits per heavy atom. The van der Waals surface area contributed by atoms with E-state index in [1.807, 2.05) is 29.6 Å². The summed E-state index contributed by atoms with van der Waals surface area (Å²) in [6.45, 7) is 2.11. The minimum absolute atomic E-state index is 0.252. The Morgan fingerprint density at radius 2 is 2.00 bits per heavy atom. The van der Waals surface area contributed by atoms with Crippen molar-refractivity contribution in [2.24, 2.45) is 0 Å². The summed E-state index contributed by atoms with van der Waals surface area (Å²) in [6, 6.07) is 13.4. The molecule has 112 valence electrons. The Balaban J connectivity index is 1.99. The first-order chi connectivity index (χ1) is 10.7. The van der Waals surface area contributed by atoms with Gasteiger partial charge in [-0.15, -0.1) is 11.3 Å². The minimum Gasteiger partial charge on any atom is -0.507 e. The first kappa shape index (κ1) is 14.6. The number of phenols is 1. The molecule has 2 aromatic carbocycles. The van der Waals surface area contributed by atoms with Crippen LogP contribution in [0.5, 0.6) is 11.5 Å². The molecule has 0 unspecified atom stereocenters. The predicted octanol–water partition coefficient (Wildman–Crippen LogP) is 4.75.